The fourth-order valence-corrected chi connectivity index (χ4v) is 7.59. The van der Waals surface area contributed by atoms with Crippen LogP contribution in [0.15, 0.2) is 48.5 Å². The molecule has 0 radical (unpaired) electrons. The van der Waals surface area contributed by atoms with Crippen LogP contribution in [0.4, 0.5) is 21.0 Å². The van der Waals surface area contributed by atoms with E-state index in [0.717, 1.165) is 11.1 Å². The monoisotopic (exact) mass is 804 g/mol. The third-order valence-electron chi connectivity index (χ3n) is 11.1. The lowest BCUT2D eigenvalue weighted by Crippen LogP contribution is -2.51. The molecule has 0 saturated carbocycles. The standard InChI is InChI=1S/C42H56N6O10/c1-25(2)35(45-41(53)57-33-15-19-55-23-33)39(51)47-17-13-29(21-47)37(49)43-31-9-5-27(6-10-31)28-7-11-32(12-8-28)44-38(50)30-14-18-48(22-30)40(52)36(26(3)4)46-42(54)58-34-16-20-56-24-34/h5-12,25-26,29-30,33-36H,13-24H2,1-4H3,(H,43,49)(H,44,50)(H,45,53)(H,46,54)/t29-,30+,33-,34+,35-,36+. The molecule has 4 heterocycles. The fourth-order valence-electron chi connectivity index (χ4n) is 7.59. The highest BCUT2D eigenvalue weighted by Gasteiger charge is 2.38. The number of anilines is 2. The van der Waals surface area contributed by atoms with Crippen LogP contribution in [0.5, 0.6) is 0 Å². The maximum atomic E-state index is 13.4. The summed E-state index contributed by atoms with van der Waals surface area (Å²) in [6.45, 7) is 10.5. The number of nitrogens with one attached hydrogen (secondary N) is 4. The van der Waals surface area contributed by atoms with Crippen molar-refractivity contribution in [2.45, 2.75) is 77.7 Å². The van der Waals surface area contributed by atoms with Crippen molar-refractivity contribution in [1.82, 2.24) is 20.4 Å². The third-order valence-corrected chi connectivity index (χ3v) is 11.1. The minimum Gasteiger partial charge on any atom is -0.444 e. The number of benzene rings is 2. The molecule has 4 N–H and O–H groups in total. The van der Waals surface area contributed by atoms with E-state index in [1.165, 1.54) is 0 Å². The Labute approximate surface area is 339 Å². The number of rotatable bonds is 13. The van der Waals surface area contributed by atoms with E-state index in [4.69, 9.17) is 18.9 Å². The van der Waals surface area contributed by atoms with Gasteiger partial charge in [0.2, 0.25) is 23.6 Å². The van der Waals surface area contributed by atoms with E-state index < -0.39 is 36.1 Å². The van der Waals surface area contributed by atoms with Gasteiger partial charge in [-0.3, -0.25) is 19.2 Å². The van der Waals surface area contributed by atoms with Crippen molar-refractivity contribution >= 4 is 47.2 Å². The fraction of sp³-hybridized carbons (Fsp3) is 0.571. The topological polar surface area (TPSA) is 194 Å². The van der Waals surface area contributed by atoms with Gasteiger partial charge < -0.3 is 50.0 Å². The molecule has 4 aliphatic rings. The second-order valence-electron chi connectivity index (χ2n) is 16.2. The highest BCUT2D eigenvalue weighted by atomic mass is 16.6. The largest absolute Gasteiger partial charge is 0.444 e. The summed E-state index contributed by atoms with van der Waals surface area (Å²) >= 11 is 0. The molecule has 2 aromatic carbocycles. The molecule has 0 bridgehead atoms. The van der Waals surface area contributed by atoms with E-state index in [9.17, 15) is 28.8 Å². The van der Waals surface area contributed by atoms with Crippen LogP contribution in [0.1, 0.15) is 53.4 Å². The zero-order chi connectivity index (χ0) is 41.3. The average Bonchev–Trinajstić information content (AvgIpc) is 4.05. The third kappa shape index (κ3) is 11.0. The zero-order valence-electron chi connectivity index (χ0n) is 33.7. The van der Waals surface area contributed by atoms with Crippen LogP contribution in [0.2, 0.25) is 0 Å². The van der Waals surface area contributed by atoms with E-state index >= 15 is 0 Å². The zero-order valence-corrected chi connectivity index (χ0v) is 33.7. The number of carbonyl (C=O) groups is 6. The van der Waals surface area contributed by atoms with Gasteiger partial charge in [0.05, 0.1) is 38.3 Å². The van der Waals surface area contributed by atoms with Crippen LogP contribution >= 0.6 is 0 Å². The molecule has 6 atom stereocenters. The van der Waals surface area contributed by atoms with Crippen molar-refractivity contribution in [2.75, 3.05) is 63.2 Å². The van der Waals surface area contributed by atoms with Crippen LogP contribution < -0.4 is 21.3 Å². The summed E-state index contributed by atoms with van der Waals surface area (Å²) in [5.74, 6) is -1.97. The van der Waals surface area contributed by atoms with Gasteiger partial charge in [0.15, 0.2) is 0 Å². The van der Waals surface area contributed by atoms with Crippen LogP contribution in [0.3, 0.4) is 0 Å². The molecule has 0 aromatic heterocycles. The first kappa shape index (κ1) is 42.4. The molecule has 4 aliphatic heterocycles. The highest BCUT2D eigenvalue weighted by molar-refractivity contribution is 5.95. The summed E-state index contributed by atoms with van der Waals surface area (Å²) in [6.07, 6.45) is 0.340. The number of carbonyl (C=O) groups excluding carboxylic acids is 6. The first-order valence-corrected chi connectivity index (χ1v) is 20.3. The second kappa shape index (κ2) is 19.5. The first-order valence-electron chi connectivity index (χ1n) is 20.3. The van der Waals surface area contributed by atoms with Gasteiger partial charge in [0.25, 0.3) is 0 Å². The quantitative estimate of drug-likeness (QED) is 0.230. The van der Waals surface area contributed by atoms with Crippen molar-refractivity contribution in [3.05, 3.63) is 48.5 Å². The predicted molar refractivity (Wildman–Crippen MR) is 213 cm³/mol. The van der Waals surface area contributed by atoms with Gasteiger partial charge >= 0.3 is 12.2 Å². The molecule has 6 rings (SSSR count). The summed E-state index contributed by atoms with van der Waals surface area (Å²) in [6, 6.07) is 13.3. The smallest absolute Gasteiger partial charge is 0.408 e. The molecular weight excluding hydrogens is 748 g/mol. The minimum absolute atomic E-state index is 0.173. The highest BCUT2D eigenvalue weighted by Crippen LogP contribution is 2.27. The van der Waals surface area contributed by atoms with Crippen molar-refractivity contribution in [1.29, 1.82) is 0 Å². The molecule has 4 fully saturated rings. The van der Waals surface area contributed by atoms with Crippen LogP contribution in [-0.4, -0.2) is 123 Å². The molecule has 16 heteroatoms. The van der Waals surface area contributed by atoms with Gasteiger partial charge in [-0.15, -0.1) is 0 Å². The average molecular weight is 805 g/mol. The number of hydrogen-bond donors (Lipinski definition) is 4. The normalized spacial score (nSPS) is 22.7. The summed E-state index contributed by atoms with van der Waals surface area (Å²) < 4.78 is 21.3. The Hall–Kier alpha value is -5.22. The molecule has 0 aliphatic carbocycles. The molecular formula is C42H56N6O10. The van der Waals surface area contributed by atoms with Crippen molar-refractivity contribution in [3.63, 3.8) is 0 Å². The summed E-state index contributed by atoms with van der Waals surface area (Å²) in [7, 11) is 0. The Morgan fingerprint density at radius 1 is 0.586 bits per heavy atom. The molecule has 2 aromatic rings. The van der Waals surface area contributed by atoms with Crippen LogP contribution in [0.25, 0.3) is 11.1 Å². The van der Waals surface area contributed by atoms with E-state index in [2.05, 4.69) is 21.3 Å². The minimum atomic E-state index is -0.769. The molecule has 0 spiro atoms. The molecule has 58 heavy (non-hydrogen) atoms. The summed E-state index contributed by atoms with van der Waals surface area (Å²) in [5, 5.41) is 11.4. The summed E-state index contributed by atoms with van der Waals surface area (Å²) in [5.41, 5.74) is 3.08. The molecule has 4 saturated heterocycles. The van der Waals surface area contributed by atoms with E-state index in [-0.39, 0.29) is 60.8 Å². The van der Waals surface area contributed by atoms with Gasteiger partial charge in [-0.1, -0.05) is 52.0 Å². The van der Waals surface area contributed by atoms with E-state index in [0.29, 0.717) is 76.6 Å². The second-order valence-corrected chi connectivity index (χ2v) is 16.2. The Balaban J connectivity index is 0.942. The SMILES string of the molecule is CC(C)[C@H](NC(=O)O[C@H]1CCOC1)C(=O)N1CC[C@H](C(=O)Nc2ccc(-c3ccc(NC(=O)[C@@H]4CCN(C(=O)[C@H](NC(=O)O[C@@H]5CCOC5)C(C)C)C4)cc3)cc2)C1. The molecule has 16 nitrogen and oxygen atoms in total. The van der Waals surface area contributed by atoms with Gasteiger partial charge in [0, 0.05) is 50.4 Å². The lowest BCUT2D eigenvalue weighted by Gasteiger charge is -2.27. The van der Waals surface area contributed by atoms with Gasteiger partial charge in [0.1, 0.15) is 24.3 Å². The molecule has 0 unspecified atom stereocenters. The van der Waals surface area contributed by atoms with Gasteiger partial charge in [-0.05, 0) is 60.1 Å². The maximum absolute atomic E-state index is 13.4. The van der Waals surface area contributed by atoms with Crippen molar-refractivity contribution in [3.8, 4) is 11.1 Å². The van der Waals surface area contributed by atoms with Crippen LogP contribution in [0, 0.1) is 23.7 Å². The molecule has 314 valence electrons. The lowest BCUT2D eigenvalue weighted by atomic mass is 10.0. The van der Waals surface area contributed by atoms with Crippen molar-refractivity contribution in [2.24, 2.45) is 23.7 Å². The lowest BCUT2D eigenvalue weighted by molar-refractivity contribution is -0.134. The number of likely N-dealkylation sites (tertiary alicyclic amines) is 2. The van der Waals surface area contributed by atoms with Crippen molar-refractivity contribution < 1.29 is 47.7 Å². The number of nitrogens with zero attached hydrogens (tertiary/aromatic N) is 2. The number of alkyl carbamates (subject to hydrolysis) is 2. The van der Waals surface area contributed by atoms with Gasteiger partial charge in [-0.25, -0.2) is 9.59 Å². The van der Waals surface area contributed by atoms with Crippen LogP contribution in [-0.2, 0) is 38.1 Å². The Kier molecular flexibility index (Phi) is 14.2. The van der Waals surface area contributed by atoms with E-state index in [1.807, 2.05) is 76.2 Å². The number of hydrogen-bond acceptors (Lipinski definition) is 10. The predicted octanol–water partition coefficient (Wildman–Crippen LogP) is 4.01. The first-order chi connectivity index (χ1) is 27.8. The van der Waals surface area contributed by atoms with Gasteiger partial charge in [-0.2, -0.15) is 0 Å². The Morgan fingerprint density at radius 2 is 0.966 bits per heavy atom. The summed E-state index contributed by atoms with van der Waals surface area (Å²) in [4.78, 5) is 81.4. The van der Waals surface area contributed by atoms with E-state index in [1.54, 1.807) is 9.80 Å². The number of ether oxygens (including phenoxy) is 4. The maximum Gasteiger partial charge on any atom is 0.408 e. The Bertz CT molecular complexity index is 1650. The molecule has 6 amide bonds. The Morgan fingerprint density at radius 3 is 1.29 bits per heavy atom. The number of amides is 6.